The first-order valence-corrected chi connectivity index (χ1v) is 13.8. The number of pyridine rings is 1. The van der Waals surface area contributed by atoms with Crippen molar-refractivity contribution in [1.82, 2.24) is 14.0 Å². The van der Waals surface area contributed by atoms with Gasteiger partial charge >= 0.3 is 0 Å². The highest BCUT2D eigenvalue weighted by atomic mass is 16.3. The van der Waals surface area contributed by atoms with E-state index in [-0.39, 0.29) is 0 Å². The summed E-state index contributed by atoms with van der Waals surface area (Å²) in [6.07, 6.45) is 4.11. The summed E-state index contributed by atoms with van der Waals surface area (Å²) in [6, 6.07) is 44.8. The molecule has 4 heteroatoms. The van der Waals surface area contributed by atoms with Gasteiger partial charge in [-0.25, -0.2) is 4.98 Å². The fourth-order valence-electron chi connectivity index (χ4n) is 6.31. The van der Waals surface area contributed by atoms with E-state index in [1.54, 1.807) is 0 Å². The van der Waals surface area contributed by atoms with E-state index in [1.165, 1.54) is 21.8 Å². The number of benzene rings is 5. The zero-order valence-corrected chi connectivity index (χ0v) is 22.0. The summed E-state index contributed by atoms with van der Waals surface area (Å²) >= 11 is 0. The quantitative estimate of drug-likeness (QED) is 0.230. The van der Waals surface area contributed by atoms with Crippen molar-refractivity contribution in [3.63, 3.8) is 0 Å². The molecular weight excluding hydrogens is 502 g/mol. The molecule has 0 saturated carbocycles. The lowest BCUT2D eigenvalue weighted by molar-refractivity contribution is 0.670. The normalized spacial score (nSPS) is 11.9. The van der Waals surface area contributed by atoms with Crippen LogP contribution in [-0.4, -0.2) is 14.0 Å². The maximum atomic E-state index is 6.63. The second kappa shape index (κ2) is 8.44. The first kappa shape index (κ1) is 22.2. The minimum atomic E-state index is 0.893. The first-order chi connectivity index (χ1) is 20.3. The Hall–Kier alpha value is -5.61. The Kier molecular flexibility index (Phi) is 4.58. The first-order valence-electron chi connectivity index (χ1n) is 13.8. The Bertz CT molecular complexity index is 2340. The third kappa shape index (κ3) is 3.25. The van der Waals surface area contributed by atoms with Gasteiger partial charge in [-0.2, -0.15) is 0 Å². The van der Waals surface area contributed by atoms with Crippen molar-refractivity contribution >= 4 is 49.4 Å². The van der Waals surface area contributed by atoms with Crippen LogP contribution in [0.3, 0.4) is 0 Å². The van der Waals surface area contributed by atoms with E-state index in [0.29, 0.717) is 0 Å². The van der Waals surface area contributed by atoms with E-state index in [2.05, 4.69) is 112 Å². The molecule has 9 rings (SSSR count). The molecule has 0 aliphatic heterocycles. The number of fused-ring (bicyclic) bond motifs is 7. The van der Waals surface area contributed by atoms with E-state index in [1.807, 2.05) is 36.5 Å². The molecule has 0 unspecified atom stereocenters. The van der Waals surface area contributed by atoms with Gasteiger partial charge in [-0.15, -0.1) is 0 Å². The molecule has 4 aromatic heterocycles. The summed E-state index contributed by atoms with van der Waals surface area (Å²) in [7, 11) is 0. The molecule has 0 spiro atoms. The van der Waals surface area contributed by atoms with Crippen LogP contribution in [0.25, 0.3) is 77.5 Å². The molecule has 4 heterocycles. The number of nitrogens with zero attached hydrogens (tertiary/aromatic N) is 3. The number of hydrogen-bond donors (Lipinski definition) is 0. The highest BCUT2D eigenvalue weighted by molar-refractivity contribution is 6.14. The minimum Gasteiger partial charge on any atom is -0.455 e. The maximum Gasteiger partial charge on any atom is 0.145 e. The van der Waals surface area contributed by atoms with E-state index in [4.69, 9.17) is 9.40 Å². The third-order valence-electron chi connectivity index (χ3n) is 8.18. The molecule has 0 radical (unpaired) electrons. The van der Waals surface area contributed by atoms with Gasteiger partial charge in [-0.05, 0) is 48.0 Å². The van der Waals surface area contributed by atoms with E-state index < -0.39 is 0 Å². The Morgan fingerprint density at radius 2 is 1.20 bits per heavy atom. The molecule has 9 aromatic rings. The SMILES string of the molecule is c1ccc2c(c1)oc1c(-c3ccc(-c4cn5ccccc5n4)cc3)c(-n3c4ccccc4c4ccccc43)ccc12. The van der Waals surface area contributed by atoms with Gasteiger partial charge in [0.15, 0.2) is 0 Å². The molecule has 0 atom stereocenters. The maximum absolute atomic E-state index is 6.63. The molecule has 192 valence electrons. The number of imidazole rings is 1. The molecule has 0 N–H and O–H groups in total. The topological polar surface area (TPSA) is 35.4 Å². The van der Waals surface area contributed by atoms with Gasteiger partial charge in [-0.1, -0.05) is 84.9 Å². The van der Waals surface area contributed by atoms with Crippen molar-refractivity contribution in [2.75, 3.05) is 0 Å². The van der Waals surface area contributed by atoms with Gasteiger partial charge in [0.1, 0.15) is 16.8 Å². The number of rotatable bonds is 3. The van der Waals surface area contributed by atoms with Crippen molar-refractivity contribution in [1.29, 1.82) is 0 Å². The lowest BCUT2D eigenvalue weighted by Crippen LogP contribution is -1.97. The molecule has 0 bridgehead atoms. The van der Waals surface area contributed by atoms with Crippen LogP contribution in [0, 0.1) is 0 Å². The number of para-hydroxylation sites is 3. The van der Waals surface area contributed by atoms with Crippen LogP contribution < -0.4 is 0 Å². The van der Waals surface area contributed by atoms with Crippen LogP contribution in [0.2, 0.25) is 0 Å². The van der Waals surface area contributed by atoms with Gasteiger partial charge in [-0.3, -0.25) is 0 Å². The predicted molar refractivity (Wildman–Crippen MR) is 168 cm³/mol. The van der Waals surface area contributed by atoms with Gasteiger partial charge in [0, 0.05) is 45.1 Å². The lowest BCUT2D eigenvalue weighted by atomic mass is 9.98. The zero-order valence-electron chi connectivity index (χ0n) is 22.0. The van der Waals surface area contributed by atoms with Gasteiger partial charge in [0.05, 0.1) is 22.4 Å². The Labute approximate surface area is 235 Å². The van der Waals surface area contributed by atoms with Gasteiger partial charge in [0.2, 0.25) is 0 Å². The van der Waals surface area contributed by atoms with Crippen LogP contribution in [0.5, 0.6) is 0 Å². The Balaban J connectivity index is 1.33. The Morgan fingerprint density at radius 3 is 1.95 bits per heavy atom. The number of hydrogen-bond acceptors (Lipinski definition) is 2. The monoisotopic (exact) mass is 525 g/mol. The number of furan rings is 1. The molecule has 4 nitrogen and oxygen atoms in total. The number of aromatic nitrogens is 3. The van der Waals surface area contributed by atoms with Gasteiger partial charge < -0.3 is 13.4 Å². The average molecular weight is 526 g/mol. The third-order valence-corrected chi connectivity index (χ3v) is 8.18. The second-order valence-corrected chi connectivity index (χ2v) is 10.5. The average Bonchev–Trinajstić information content (AvgIpc) is 3.72. The molecular formula is C37H23N3O. The highest BCUT2D eigenvalue weighted by Crippen LogP contribution is 2.42. The van der Waals surface area contributed by atoms with Crippen molar-refractivity contribution in [2.24, 2.45) is 0 Å². The largest absolute Gasteiger partial charge is 0.455 e. The summed E-state index contributed by atoms with van der Waals surface area (Å²) in [6.45, 7) is 0. The molecule has 0 amide bonds. The second-order valence-electron chi connectivity index (χ2n) is 10.5. The van der Waals surface area contributed by atoms with Crippen LogP contribution in [-0.2, 0) is 0 Å². The standard InChI is InChI=1S/C37H23N3O/c1-4-12-31-26(9-1)27-10-2-5-13-32(27)40(31)33-21-20-29-28-11-3-6-14-34(28)41-37(29)36(33)25-18-16-24(17-19-25)30-23-39-22-8-7-15-35(39)38-30/h1-23H. The molecule has 0 aliphatic rings. The van der Waals surface area contributed by atoms with Gasteiger partial charge in [0.25, 0.3) is 0 Å². The fraction of sp³-hybridized carbons (Fsp3) is 0. The van der Waals surface area contributed by atoms with E-state index in [0.717, 1.165) is 55.7 Å². The zero-order chi connectivity index (χ0) is 26.9. The van der Waals surface area contributed by atoms with Crippen molar-refractivity contribution in [3.05, 3.63) is 140 Å². The van der Waals surface area contributed by atoms with Crippen LogP contribution in [0.4, 0.5) is 0 Å². The molecule has 0 saturated heterocycles. The van der Waals surface area contributed by atoms with Crippen LogP contribution in [0.15, 0.2) is 144 Å². The molecule has 0 aliphatic carbocycles. The van der Waals surface area contributed by atoms with Crippen molar-refractivity contribution in [3.8, 4) is 28.1 Å². The fourth-order valence-corrected chi connectivity index (χ4v) is 6.31. The smallest absolute Gasteiger partial charge is 0.145 e. The molecule has 41 heavy (non-hydrogen) atoms. The summed E-state index contributed by atoms with van der Waals surface area (Å²) in [5.41, 5.74) is 10.4. The van der Waals surface area contributed by atoms with Crippen molar-refractivity contribution < 1.29 is 4.42 Å². The van der Waals surface area contributed by atoms with E-state index in [9.17, 15) is 0 Å². The highest BCUT2D eigenvalue weighted by Gasteiger charge is 2.21. The minimum absolute atomic E-state index is 0.893. The molecule has 5 aromatic carbocycles. The lowest BCUT2D eigenvalue weighted by Gasteiger charge is -2.15. The van der Waals surface area contributed by atoms with E-state index >= 15 is 0 Å². The van der Waals surface area contributed by atoms with Crippen molar-refractivity contribution in [2.45, 2.75) is 0 Å². The summed E-state index contributed by atoms with van der Waals surface area (Å²) in [4.78, 5) is 4.83. The predicted octanol–water partition coefficient (Wildman–Crippen LogP) is 9.66. The summed E-state index contributed by atoms with van der Waals surface area (Å²) in [5.74, 6) is 0. The summed E-state index contributed by atoms with van der Waals surface area (Å²) in [5, 5.41) is 4.71. The van der Waals surface area contributed by atoms with Crippen LogP contribution in [0.1, 0.15) is 0 Å². The molecule has 0 fully saturated rings. The summed E-state index contributed by atoms with van der Waals surface area (Å²) < 4.78 is 11.1. The Morgan fingerprint density at radius 1 is 0.537 bits per heavy atom. The van der Waals surface area contributed by atoms with Crippen LogP contribution >= 0.6 is 0 Å².